The summed E-state index contributed by atoms with van der Waals surface area (Å²) < 4.78 is 24.3. The number of nitrogens with zero attached hydrogens (tertiary/aromatic N) is 1. The molecule has 27 heavy (non-hydrogen) atoms. The van der Waals surface area contributed by atoms with Crippen LogP contribution in [0.2, 0.25) is 0 Å². The molecule has 0 spiro atoms. The Balaban J connectivity index is 1.93. The van der Waals surface area contributed by atoms with E-state index in [0.29, 0.717) is 11.3 Å². The minimum atomic E-state index is -0.648. The number of rotatable bonds is 4. The molecule has 1 aliphatic rings. The van der Waals surface area contributed by atoms with Gasteiger partial charge in [-0.05, 0) is 60.9 Å². The fourth-order valence-electron chi connectivity index (χ4n) is 2.73. The Bertz CT molecular complexity index is 968. The van der Waals surface area contributed by atoms with Gasteiger partial charge in [0.15, 0.2) is 5.70 Å². The summed E-state index contributed by atoms with van der Waals surface area (Å²) in [5.41, 5.74) is 2.42. The number of cyclic esters (lactones) is 1. The Hall–Kier alpha value is -3.28. The molecule has 2 aromatic carbocycles. The predicted octanol–water partition coefficient (Wildman–Crippen LogP) is 4.10. The quantitative estimate of drug-likeness (QED) is 0.464. The lowest BCUT2D eigenvalue weighted by Crippen LogP contribution is -2.08. The maximum Gasteiger partial charge on any atom is 0.363 e. The second kappa shape index (κ2) is 7.53. The molecule has 0 fully saturated rings. The SMILES string of the molecule is CCC(=O)Oc1c(C)cc(C=C2N=C(c3ccccc3F)OC2=O)cc1C. The third kappa shape index (κ3) is 3.95. The second-order valence-corrected chi connectivity index (χ2v) is 6.13. The zero-order chi connectivity index (χ0) is 19.6. The first-order valence-electron chi connectivity index (χ1n) is 8.48. The molecule has 5 nitrogen and oxygen atoms in total. The highest BCUT2D eigenvalue weighted by Gasteiger charge is 2.26. The molecule has 0 amide bonds. The molecular formula is C21H18FNO4. The molecule has 3 rings (SSSR count). The summed E-state index contributed by atoms with van der Waals surface area (Å²) in [4.78, 5) is 27.8. The van der Waals surface area contributed by atoms with E-state index in [9.17, 15) is 14.0 Å². The van der Waals surface area contributed by atoms with E-state index in [0.717, 1.165) is 11.1 Å². The molecule has 0 unspecified atom stereocenters. The van der Waals surface area contributed by atoms with Crippen molar-refractivity contribution in [3.05, 3.63) is 70.2 Å². The highest BCUT2D eigenvalue weighted by Crippen LogP contribution is 2.27. The van der Waals surface area contributed by atoms with E-state index in [1.165, 1.54) is 12.1 Å². The first kappa shape index (κ1) is 18.5. The van der Waals surface area contributed by atoms with E-state index in [2.05, 4.69) is 4.99 Å². The average molecular weight is 367 g/mol. The Kier molecular flexibility index (Phi) is 5.16. The Morgan fingerprint density at radius 3 is 2.52 bits per heavy atom. The molecule has 1 aliphatic heterocycles. The van der Waals surface area contributed by atoms with E-state index in [1.54, 1.807) is 37.3 Å². The van der Waals surface area contributed by atoms with Crippen LogP contribution in [0.5, 0.6) is 5.75 Å². The van der Waals surface area contributed by atoms with E-state index in [-0.39, 0.29) is 29.5 Å². The summed E-state index contributed by atoms with van der Waals surface area (Å²) in [5, 5.41) is 0. The van der Waals surface area contributed by atoms with Gasteiger partial charge in [-0.2, -0.15) is 0 Å². The van der Waals surface area contributed by atoms with Crippen molar-refractivity contribution in [3.8, 4) is 5.75 Å². The molecule has 0 bridgehead atoms. The number of halogens is 1. The summed E-state index contributed by atoms with van der Waals surface area (Å²) in [6.45, 7) is 5.35. The van der Waals surface area contributed by atoms with Crippen LogP contribution in [-0.4, -0.2) is 17.8 Å². The number of benzene rings is 2. The minimum Gasteiger partial charge on any atom is -0.426 e. The van der Waals surface area contributed by atoms with Crippen molar-refractivity contribution in [1.82, 2.24) is 0 Å². The van der Waals surface area contributed by atoms with Crippen molar-refractivity contribution < 1.29 is 23.5 Å². The fraction of sp³-hybridized carbons (Fsp3) is 0.190. The van der Waals surface area contributed by atoms with Gasteiger partial charge < -0.3 is 9.47 Å². The van der Waals surface area contributed by atoms with E-state index < -0.39 is 11.8 Å². The predicted molar refractivity (Wildman–Crippen MR) is 98.8 cm³/mol. The molecule has 0 atom stereocenters. The molecule has 6 heteroatoms. The number of hydrogen-bond donors (Lipinski definition) is 0. The van der Waals surface area contributed by atoms with Crippen LogP contribution in [0.1, 0.15) is 35.6 Å². The molecule has 0 saturated heterocycles. The molecule has 1 heterocycles. The van der Waals surface area contributed by atoms with E-state index in [4.69, 9.17) is 9.47 Å². The number of carbonyl (C=O) groups is 2. The Morgan fingerprint density at radius 2 is 1.89 bits per heavy atom. The van der Waals surface area contributed by atoms with Gasteiger partial charge in [0.05, 0.1) is 5.56 Å². The maximum absolute atomic E-state index is 13.9. The number of hydrogen-bond acceptors (Lipinski definition) is 5. The number of carbonyl (C=O) groups excluding carboxylic acids is 2. The molecule has 0 aliphatic carbocycles. The van der Waals surface area contributed by atoms with Crippen LogP contribution >= 0.6 is 0 Å². The van der Waals surface area contributed by atoms with Gasteiger partial charge in [-0.1, -0.05) is 19.1 Å². The lowest BCUT2D eigenvalue weighted by atomic mass is 10.0. The van der Waals surface area contributed by atoms with Crippen molar-refractivity contribution in [2.24, 2.45) is 4.99 Å². The third-order valence-electron chi connectivity index (χ3n) is 4.02. The van der Waals surface area contributed by atoms with Crippen molar-refractivity contribution in [2.45, 2.75) is 27.2 Å². The average Bonchev–Trinajstić information content (AvgIpc) is 2.98. The van der Waals surface area contributed by atoms with Gasteiger partial charge in [0.1, 0.15) is 11.6 Å². The van der Waals surface area contributed by atoms with Gasteiger partial charge in [0.25, 0.3) is 0 Å². The summed E-state index contributed by atoms with van der Waals surface area (Å²) in [6.07, 6.45) is 1.84. The van der Waals surface area contributed by atoms with Crippen LogP contribution in [0.25, 0.3) is 6.08 Å². The van der Waals surface area contributed by atoms with Gasteiger partial charge in [-0.15, -0.1) is 0 Å². The summed E-state index contributed by atoms with van der Waals surface area (Å²) in [7, 11) is 0. The largest absolute Gasteiger partial charge is 0.426 e. The summed E-state index contributed by atoms with van der Waals surface area (Å²) >= 11 is 0. The molecule has 138 valence electrons. The third-order valence-corrected chi connectivity index (χ3v) is 4.02. The lowest BCUT2D eigenvalue weighted by Gasteiger charge is -2.11. The van der Waals surface area contributed by atoms with Gasteiger partial charge in [-0.25, -0.2) is 14.2 Å². The van der Waals surface area contributed by atoms with Gasteiger partial charge in [0.2, 0.25) is 5.90 Å². The summed E-state index contributed by atoms with van der Waals surface area (Å²) in [6, 6.07) is 9.52. The van der Waals surface area contributed by atoms with Crippen molar-refractivity contribution in [2.75, 3.05) is 0 Å². The second-order valence-electron chi connectivity index (χ2n) is 6.13. The molecule has 0 aromatic heterocycles. The smallest absolute Gasteiger partial charge is 0.363 e. The molecule has 0 saturated carbocycles. The molecular weight excluding hydrogens is 349 g/mol. The van der Waals surface area contributed by atoms with Crippen molar-refractivity contribution in [3.63, 3.8) is 0 Å². The van der Waals surface area contributed by atoms with Crippen LogP contribution < -0.4 is 4.74 Å². The zero-order valence-electron chi connectivity index (χ0n) is 15.2. The van der Waals surface area contributed by atoms with Crippen LogP contribution in [0, 0.1) is 19.7 Å². The number of aliphatic imine (C=N–C) groups is 1. The zero-order valence-corrected chi connectivity index (χ0v) is 15.2. The Labute approximate surface area is 156 Å². The summed E-state index contributed by atoms with van der Waals surface area (Å²) in [5.74, 6) is -1.03. The highest BCUT2D eigenvalue weighted by atomic mass is 19.1. The number of aryl methyl sites for hydroxylation is 2. The topological polar surface area (TPSA) is 65.0 Å². The number of ether oxygens (including phenoxy) is 2. The van der Waals surface area contributed by atoms with Gasteiger partial charge in [0, 0.05) is 6.42 Å². The van der Waals surface area contributed by atoms with E-state index >= 15 is 0 Å². The van der Waals surface area contributed by atoms with Crippen molar-refractivity contribution >= 4 is 23.9 Å². The van der Waals surface area contributed by atoms with Crippen LogP contribution in [-0.2, 0) is 14.3 Å². The first-order chi connectivity index (χ1) is 12.9. The lowest BCUT2D eigenvalue weighted by molar-refractivity contribution is -0.134. The van der Waals surface area contributed by atoms with Crippen molar-refractivity contribution in [1.29, 1.82) is 0 Å². The molecule has 2 aromatic rings. The minimum absolute atomic E-state index is 0.0636. The van der Waals surface area contributed by atoms with Crippen LogP contribution in [0.4, 0.5) is 4.39 Å². The first-order valence-corrected chi connectivity index (χ1v) is 8.48. The standard InChI is InChI=1S/C21H18FNO4/c1-4-18(24)26-19-12(2)9-14(10-13(19)3)11-17-21(25)27-20(23-17)15-7-5-6-8-16(15)22/h5-11H,4H2,1-3H3. The van der Waals surface area contributed by atoms with Crippen LogP contribution in [0.15, 0.2) is 47.1 Å². The van der Waals surface area contributed by atoms with E-state index in [1.807, 2.05) is 13.8 Å². The maximum atomic E-state index is 13.9. The van der Waals surface area contributed by atoms with Gasteiger partial charge >= 0.3 is 11.9 Å². The Morgan fingerprint density at radius 1 is 1.22 bits per heavy atom. The van der Waals surface area contributed by atoms with Gasteiger partial charge in [-0.3, -0.25) is 4.79 Å². The molecule has 0 N–H and O–H groups in total. The monoisotopic (exact) mass is 367 g/mol. The normalized spacial score (nSPS) is 14.9. The highest BCUT2D eigenvalue weighted by molar-refractivity contribution is 6.12. The number of esters is 2. The fourth-order valence-corrected chi connectivity index (χ4v) is 2.73. The molecule has 0 radical (unpaired) electrons. The van der Waals surface area contributed by atoms with Crippen LogP contribution in [0.3, 0.4) is 0 Å².